The number of aryl methyl sites for hydroxylation is 1. The largest absolute Gasteiger partial charge is 0.248 e. The minimum Gasteiger partial charge on any atom is -0.248 e. The van der Waals surface area contributed by atoms with E-state index in [0.29, 0.717) is 0 Å². The number of aromatic nitrogens is 1. The number of pyridine rings is 1. The van der Waals surface area contributed by atoms with Gasteiger partial charge in [-0.15, -0.1) is 23.5 Å². The van der Waals surface area contributed by atoms with Crippen LogP contribution in [0.3, 0.4) is 0 Å². The fourth-order valence-electron chi connectivity index (χ4n) is 1.03. The van der Waals surface area contributed by atoms with E-state index >= 15 is 0 Å². The van der Waals surface area contributed by atoms with Crippen LogP contribution in [0.1, 0.15) is 5.56 Å². The molecule has 0 atom stereocenters. The summed E-state index contributed by atoms with van der Waals surface area (Å²) in [5.74, 6) is 2.43. The summed E-state index contributed by atoms with van der Waals surface area (Å²) in [4.78, 5) is 5.72. The highest BCUT2D eigenvalue weighted by Gasteiger charge is 2.10. The smallest absolute Gasteiger partial charge is 0.110 e. The summed E-state index contributed by atoms with van der Waals surface area (Å²) in [7, 11) is 0. The monoisotopic (exact) mass is 183 g/mol. The van der Waals surface area contributed by atoms with Gasteiger partial charge in [0.1, 0.15) is 5.03 Å². The Balaban J connectivity index is 2.43. The molecule has 1 aliphatic heterocycles. The van der Waals surface area contributed by atoms with E-state index in [9.17, 15) is 0 Å². The third kappa shape index (κ3) is 1.54. The maximum atomic E-state index is 4.36. The molecule has 2 heterocycles. The molecule has 0 unspecified atom stereocenters. The Morgan fingerprint density at radius 2 is 2.18 bits per heavy atom. The molecule has 0 saturated carbocycles. The predicted molar refractivity (Wildman–Crippen MR) is 50.4 cm³/mol. The van der Waals surface area contributed by atoms with E-state index < -0.39 is 0 Å². The molecule has 1 nitrogen and oxygen atoms in total. The molecule has 2 rings (SSSR count). The highest BCUT2D eigenvalue weighted by molar-refractivity contribution is 8.05. The first kappa shape index (κ1) is 7.50. The highest BCUT2D eigenvalue weighted by Crippen LogP contribution is 2.34. The molecule has 1 aliphatic rings. The van der Waals surface area contributed by atoms with Gasteiger partial charge in [-0.2, -0.15) is 0 Å². The van der Waals surface area contributed by atoms with Gasteiger partial charge in [-0.25, -0.2) is 4.98 Å². The normalized spacial score (nSPS) is 16.1. The van der Waals surface area contributed by atoms with Crippen molar-refractivity contribution in [3.8, 4) is 0 Å². The number of nitrogens with zero attached hydrogens (tertiary/aromatic N) is 1. The lowest BCUT2D eigenvalue weighted by molar-refractivity contribution is 1.01. The van der Waals surface area contributed by atoms with Crippen molar-refractivity contribution in [3.63, 3.8) is 0 Å². The van der Waals surface area contributed by atoms with Gasteiger partial charge < -0.3 is 0 Å². The van der Waals surface area contributed by atoms with E-state index in [0.717, 1.165) is 0 Å². The molecule has 0 fully saturated rings. The molecule has 0 spiro atoms. The van der Waals surface area contributed by atoms with Crippen LogP contribution in [-0.2, 0) is 0 Å². The summed E-state index contributed by atoms with van der Waals surface area (Å²) in [5.41, 5.74) is 1.26. The van der Waals surface area contributed by atoms with Crippen molar-refractivity contribution in [1.29, 1.82) is 0 Å². The van der Waals surface area contributed by atoms with Crippen LogP contribution in [0.5, 0.6) is 0 Å². The van der Waals surface area contributed by atoms with Gasteiger partial charge in [0, 0.05) is 22.6 Å². The van der Waals surface area contributed by atoms with Crippen molar-refractivity contribution < 1.29 is 0 Å². The molecule has 0 aromatic carbocycles. The number of fused-ring (bicyclic) bond motifs is 1. The van der Waals surface area contributed by atoms with Crippen LogP contribution in [0.4, 0.5) is 0 Å². The van der Waals surface area contributed by atoms with Gasteiger partial charge in [-0.3, -0.25) is 0 Å². The van der Waals surface area contributed by atoms with Crippen LogP contribution in [0, 0.1) is 6.92 Å². The summed E-state index contributed by atoms with van der Waals surface area (Å²) >= 11 is 3.78. The lowest BCUT2D eigenvalue weighted by Crippen LogP contribution is -1.96. The van der Waals surface area contributed by atoms with Crippen molar-refractivity contribution in [3.05, 3.63) is 17.8 Å². The Hall–Kier alpha value is -0.150. The van der Waals surface area contributed by atoms with E-state index in [2.05, 4.69) is 18.0 Å². The van der Waals surface area contributed by atoms with E-state index in [-0.39, 0.29) is 0 Å². The second kappa shape index (κ2) is 3.07. The van der Waals surface area contributed by atoms with Crippen LogP contribution in [0.25, 0.3) is 0 Å². The summed E-state index contributed by atoms with van der Waals surface area (Å²) in [6.07, 6.45) is 1.94. The van der Waals surface area contributed by atoms with E-state index in [1.807, 2.05) is 29.7 Å². The second-order valence-corrected chi connectivity index (χ2v) is 4.73. The zero-order valence-corrected chi connectivity index (χ0v) is 7.97. The van der Waals surface area contributed by atoms with E-state index in [4.69, 9.17) is 0 Å². The Kier molecular flexibility index (Phi) is 2.09. The molecule has 0 N–H and O–H groups in total. The third-order valence-electron chi connectivity index (χ3n) is 1.53. The van der Waals surface area contributed by atoms with Crippen LogP contribution < -0.4 is 0 Å². The van der Waals surface area contributed by atoms with Crippen molar-refractivity contribution in [2.24, 2.45) is 0 Å². The zero-order chi connectivity index (χ0) is 7.68. The highest BCUT2D eigenvalue weighted by atomic mass is 32.2. The SMILES string of the molecule is Cc1cnc2c(c1)SCCS2. The average molecular weight is 183 g/mol. The third-order valence-corrected chi connectivity index (χ3v) is 3.96. The minimum atomic E-state index is 1.20. The number of hydrogen-bond donors (Lipinski definition) is 0. The first-order chi connectivity index (χ1) is 5.36. The lowest BCUT2D eigenvalue weighted by Gasteiger charge is -2.12. The number of thioether (sulfide) groups is 2. The van der Waals surface area contributed by atoms with Crippen LogP contribution in [0.15, 0.2) is 22.2 Å². The maximum absolute atomic E-state index is 4.36. The molecule has 3 heteroatoms. The Labute approximate surface area is 75.0 Å². The van der Waals surface area contributed by atoms with Gasteiger partial charge in [-0.1, -0.05) is 0 Å². The molecule has 0 aliphatic carbocycles. The van der Waals surface area contributed by atoms with Gasteiger partial charge in [0.05, 0.1) is 0 Å². The van der Waals surface area contributed by atoms with E-state index in [1.54, 1.807) is 0 Å². The van der Waals surface area contributed by atoms with Gasteiger partial charge in [0.2, 0.25) is 0 Å². The standard InChI is InChI=1S/C8H9NS2/c1-6-4-7-8(9-5-6)11-3-2-10-7/h4-5H,2-3H2,1H3. The lowest BCUT2D eigenvalue weighted by atomic mass is 10.3. The summed E-state index contributed by atoms with van der Waals surface area (Å²) in [5, 5.41) is 1.21. The number of hydrogen-bond acceptors (Lipinski definition) is 3. The molecule has 58 valence electrons. The van der Waals surface area contributed by atoms with Crippen molar-refractivity contribution in [1.82, 2.24) is 4.98 Å². The minimum absolute atomic E-state index is 1.20. The summed E-state index contributed by atoms with van der Waals surface area (Å²) in [6.45, 7) is 2.09. The van der Waals surface area contributed by atoms with Crippen molar-refractivity contribution >= 4 is 23.5 Å². The topological polar surface area (TPSA) is 12.9 Å². The quantitative estimate of drug-likeness (QED) is 0.613. The molecule has 0 saturated heterocycles. The van der Waals surface area contributed by atoms with Gasteiger partial charge >= 0.3 is 0 Å². The molecular formula is C8H9NS2. The Morgan fingerprint density at radius 1 is 1.36 bits per heavy atom. The summed E-state index contributed by atoms with van der Waals surface area (Å²) < 4.78 is 0. The molecule has 1 aromatic rings. The summed E-state index contributed by atoms with van der Waals surface area (Å²) in [6, 6.07) is 2.22. The Bertz CT molecular complexity index is 273. The molecule has 11 heavy (non-hydrogen) atoms. The van der Waals surface area contributed by atoms with Crippen molar-refractivity contribution in [2.45, 2.75) is 16.8 Å². The van der Waals surface area contributed by atoms with Gasteiger partial charge in [0.15, 0.2) is 0 Å². The molecular weight excluding hydrogens is 174 g/mol. The first-order valence-corrected chi connectivity index (χ1v) is 5.55. The van der Waals surface area contributed by atoms with Gasteiger partial charge in [-0.05, 0) is 18.6 Å². The Morgan fingerprint density at radius 3 is 3.09 bits per heavy atom. The maximum Gasteiger partial charge on any atom is 0.110 e. The second-order valence-electron chi connectivity index (χ2n) is 2.51. The molecule has 1 aromatic heterocycles. The van der Waals surface area contributed by atoms with Crippen molar-refractivity contribution in [2.75, 3.05) is 11.5 Å². The molecule has 0 amide bonds. The molecule has 0 bridgehead atoms. The predicted octanol–water partition coefficient (Wildman–Crippen LogP) is 2.59. The fraction of sp³-hybridized carbons (Fsp3) is 0.375. The fourth-order valence-corrected chi connectivity index (χ4v) is 3.24. The zero-order valence-electron chi connectivity index (χ0n) is 6.33. The first-order valence-electron chi connectivity index (χ1n) is 3.58. The number of rotatable bonds is 0. The van der Waals surface area contributed by atoms with Gasteiger partial charge in [0.25, 0.3) is 0 Å². The van der Waals surface area contributed by atoms with Crippen LogP contribution in [0.2, 0.25) is 0 Å². The van der Waals surface area contributed by atoms with Crippen LogP contribution >= 0.6 is 23.5 Å². The van der Waals surface area contributed by atoms with E-state index in [1.165, 1.54) is 27.0 Å². The van der Waals surface area contributed by atoms with Crippen LogP contribution in [-0.4, -0.2) is 16.5 Å². The molecule has 0 radical (unpaired) electrons. The average Bonchev–Trinajstić information content (AvgIpc) is 2.04.